The van der Waals surface area contributed by atoms with E-state index in [1.807, 2.05) is 37.3 Å². The molecule has 0 aliphatic heterocycles. The Balaban J connectivity index is 2.71. The lowest BCUT2D eigenvalue weighted by atomic mass is 10.0. The first-order valence-electron chi connectivity index (χ1n) is 6.46. The molecule has 0 N–H and O–H groups in total. The molecular formula is C15H21NO3. The summed E-state index contributed by atoms with van der Waals surface area (Å²) in [5.74, 6) is -0.606. The van der Waals surface area contributed by atoms with Crippen LogP contribution in [0.15, 0.2) is 30.3 Å². The molecule has 0 bridgehead atoms. The van der Waals surface area contributed by atoms with Gasteiger partial charge in [0.1, 0.15) is 0 Å². The first kappa shape index (κ1) is 15.4. The van der Waals surface area contributed by atoms with Gasteiger partial charge in [-0.1, -0.05) is 37.3 Å². The number of carbonyl (C=O) groups is 2. The van der Waals surface area contributed by atoms with Gasteiger partial charge in [-0.25, -0.2) is 4.79 Å². The number of esters is 1. The fourth-order valence-corrected chi connectivity index (χ4v) is 1.81. The van der Waals surface area contributed by atoms with E-state index in [-0.39, 0.29) is 12.2 Å². The van der Waals surface area contributed by atoms with E-state index in [0.29, 0.717) is 6.61 Å². The average Bonchev–Trinajstić information content (AvgIpc) is 2.37. The van der Waals surface area contributed by atoms with Crippen molar-refractivity contribution in [3.8, 4) is 0 Å². The Morgan fingerprint density at radius 2 is 1.84 bits per heavy atom. The van der Waals surface area contributed by atoms with E-state index in [0.717, 1.165) is 12.0 Å². The lowest BCUT2D eigenvalue weighted by Gasteiger charge is -2.21. The van der Waals surface area contributed by atoms with Gasteiger partial charge < -0.3 is 4.74 Å². The first-order chi connectivity index (χ1) is 9.06. The molecule has 0 radical (unpaired) electrons. The monoisotopic (exact) mass is 263 g/mol. The van der Waals surface area contributed by atoms with Gasteiger partial charge in [-0.15, -0.1) is 0 Å². The summed E-state index contributed by atoms with van der Waals surface area (Å²) in [6.07, 6.45) is 0.990. The van der Waals surface area contributed by atoms with E-state index in [9.17, 15) is 9.59 Å². The van der Waals surface area contributed by atoms with Crippen molar-refractivity contribution in [2.75, 3.05) is 20.7 Å². The molecule has 1 atom stereocenters. The van der Waals surface area contributed by atoms with Crippen molar-refractivity contribution >= 4 is 11.8 Å². The Morgan fingerprint density at radius 1 is 1.21 bits per heavy atom. The van der Waals surface area contributed by atoms with Crippen LogP contribution in [0.2, 0.25) is 0 Å². The zero-order chi connectivity index (χ0) is 14.3. The van der Waals surface area contributed by atoms with Crippen molar-refractivity contribution in [1.82, 2.24) is 4.90 Å². The minimum atomic E-state index is -0.827. The van der Waals surface area contributed by atoms with Gasteiger partial charge in [-0.3, -0.25) is 9.69 Å². The van der Waals surface area contributed by atoms with Crippen LogP contribution in [0.25, 0.3) is 0 Å². The van der Waals surface area contributed by atoms with Crippen LogP contribution in [0, 0.1) is 0 Å². The Hall–Kier alpha value is -1.68. The standard InChI is InChI=1S/C15H21NO3/c1-4-10-19-15(18)14(16(2)3)13(17)11-12-8-6-5-7-9-12/h5-9,14H,4,10-11H2,1-3H3. The van der Waals surface area contributed by atoms with Gasteiger partial charge in [0.15, 0.2) is 11.8 Å². The van der Waals surface area contributed by atoms with E-state index in [2.05, 4.69) is 0 Å². The topological polar surface area (TPSA) is 46.6 Å². The average molecular weight is 263 g/mol. The van der Waals surface area contributed by atoms with Gasteiger partial charge in [0, 0.05) is 6.42 Å². The molecule has 19 heavy (non-hydrogen) atoms. The molecule has 0 amide bonds. The van der Waals surface area contributed by atoms with Crippen LogP contribution in [-0.4, -0.2) is 43.4 Å². The second-order valence-corrected chi connectivity index (χ2v) is 4.66. The van der Waals surface area contributed by atoms with Crippen LogP contribution in [0.3, 0.4) is 0 Å². The largest absolute Gasteiger partial charge is 0.464 e. The number of benzene rings is 1. The van der Waals surface area contributed by atoms with Crippen molar-refractivity contribution in [1.29, 1.82) is 0 Å². The lowest BCUT2D eigenvalue weighted by Crippen LogP contribution is -2.44. The maximum absolute atomic E-state index is 12.2. The number of Topliss-reactive ketones (excluding diaryl/α,β-unsaturated/α-hetero) is 1. The minimum absolute atomic E-state index is 0.141. The molecular weight excluding hydrogens is 242 g/mol. The van der Waals surface area contributed by atoms with Crippen molar-refractivity contribution < 1.29 is 14.3 Å². The van der Waals surface area contributed by atoms with E-state index in [1.54, 1.807) is 19.0 Å². The fraction of sp³-hybridized carbons (Fsp3) is 0.467. The van der Waals surface area contributed by atoms with Crippen LogP contribution in [0.4, 0.5) is 0 Å². The van der Waals surface area contributed by atoms with Gasteiger partial charge in [0.25, 0.3) is 0 Å². The summed E-state index contributed by atoms with van der Waals surface area (Å²) in [5.41, 5.74) is 0.905. The highest BCUT2D eigenvalue weighted by atomic mass is 16.5. The Morgan fingerprint density at radius 3 is 2.37 bits per heavy atom. The van der Waals surface area contributed by atoms with E-state index in [1.165, 1.54) is 0 Å². The summed E-state index contributed by atoms with van der Waals surface area (Å²) < 4.78 is 5.07. The summed E-state index contributed by atoms with van der Waals surface area (Å²) in [5, 5.41) is 0. The molecule has 4 nitrogen and oxygen atoms in total. The number of carbonyl (C=O) groups excluding carboxylic acids is 2. The number of ether oxygens (including phenoxy) is 1. The highest BCUT2D eigenvalue weighted by molar-refractivity contribution is 6.03. The first-order valence-corrected chi connectivity index (χ1v) is 6.46. The molecule has 1 aromatic rings. The third kappa shape index (κ3) is 4.83. The molecule has 0 saturated carbocycles. The van der Waals surface area contributed by atoms with Crippen molar-refractivity contribution in [3.05, 3.63) is 35.9 Å². The Labute approximate surface area is 114 Å². The highest BCUT2D eigenvalue weighted by Crippen LogP contribution is 2.07. The number of hydrogen-bond acceptors (Lipinski definition) is 4. The SMILES string of the molecule is CCCOC(=O)C(C(=O)Cc1ccccc1)N(C)C. The zero-order valence-electron chi connectivity index (χ0n) is 11.8. The van der Waals surface area contributed by atoms with Crippen LogP contribution < -0.4 is 0 Å². The van der Waals surface area contributed by atoms with Gasteiger partial charge in [0.05, 0.1) is 6.61 Å². The van der Waals surface area contributed by atoms with Crippen LogP contribution in [0.1, 0.15) is 18.9 Å². The van der Waals surface area contributed by atoms with Crippen LogP contribution >= 0.6 is 0 Å². The third-order valence-electron chi connectivity index (χ3n) is 2.71. The number of rotatable bonds is 7. The molecule has 0 aliphatic rings. The zero-order valence-corrected chi connectivity index (χ0v) is 11.8. The molecule has 1 unspecified atom stereocenters. The predicted octanol–water partition coefficient (Wildman–Crippen LogP) is 1.68. The number of nitrogens with zero attached hydrogens (tertiary/aromatic N) is 1. The van der Waals surface area contributed by atoms with Gasteiger partial charge in [0.2, 0.25) is 0 Å². The number of likely N-dealkylation sites (N-methyl/N-ethyl adjacent to an activating group) is 1. The second kappa shape index (κ2) is 7.69. The Bertz CT molecular complexity index is 415. The van der Waals surface area contributed by atoms with Gasteiger partial charge in [-0.2, -0.15) is 0 Å². The molecule has 4 heteroatoms. The summed E-state index contributed by atoms with van der Waals surface area (Å²) in [4.78, 5) is 25.7. The van der Waals surface area contributed by atoms with Crippen LogP contribution in [0.5, 0.6) is 0 Å². The maximum Gasteiger partial charge on any atom is 0.331 e. The smallest absolute Gasteiger partial charge is 0.331 e. The molecule has 0 heterocycles. The van der Waals surface area contributed by atoms with Crippen LogP contribution in [-0.2, 0) is 20.7 Å². The second-order valence-electron chi connectivity index (χ2n) is 4.66. The normalized spacial score (nSPS) is 12.2. The highest BCUT2D eigenvalue weighted by Gasteiger charge is 2.29. The van der Waals surface area contributed by atoms with E-state index < -0.39 is 12.0 Å². The molecule has 0 fully saturated rings. The van der Waals surface area contributed by atoms with Crippen molar-refractivity contribution in [2.24, 2.45) is 0 Å². The molecule has 104 valence electrons. The molecule has 1 aromatic carbocycles. The molecule has 0 spiro atoms. The maximum atomic E-state index is 12.2. The molecule has 0 saturated heterocycles. The number of ketones is 1. The summed E-state index contributed by atoms with van der Waals surface area (Å²) >= 11 is 0. The summed E-state index contributed by atoms with van der Waals surface area (Å²) in [6, 6.07) is 8.58. The predicted molar refractivity (Wildman–Crippen MR) is 73.9 cm³/mol. The Kier molecular flexibility index (Phi) is 6.22. The molecule has 0 aliphatic carbocycles. The minimum Gasteiger partial charge on any atom is -0.464 e. The van der Waals surface area contributed by atoms with Crippen molar-refractivity contribution in [3.63, 3.8) is 0 Å². The number of hydrogen-bond donors (Lipinski definition) is 0. The summed E-state index contributed by atoms with van der Waals surface area (Å²) in [6.45, 7) is 2.27. The molecule has 1 rings (SSSR count). The van der Waals surface area contributed by atoms with Gasteiger partial charge in [-0.05, 0) is 26.1 Å². The lowest BCUT2D eigenvalue weighted by molar-refractivity contribution is -0.152. The molecule has 0 aromatic heterocycles. The van der Waals surface area contributed by atoms with E-state index >= 15 is 0 Å². The van der Waals surface area contributed by atoms with Gasteiger partial charge >= 0.3 is 5.97 Å². The quantitative estimate of drug-likeness (QED) is 0.554. The van der Waals surface area contributed by atoms with E-state index in [4.69, 9.17) is 4.74 Å². The fourth-order valence-electron chi connectivity index (χ4n) is 1.81. The van der Waals surface area contributed by atoms with Crippen molar-refractivity contribution in [2.45, 2.75) is 25.8 Å². The summed E-state index contributed by atoms with van der Waals surface area (Å²) in [7, 11) is 3.42. The third-order valence-corrected chi connectivity index (χ3v) is 2.71.